The average Bonchev–Trinajstić information content (AvgIpc) is 2.99. The van der Waals surface area contributed by atoms with Gasteiger partial charge in [0.25, 0.3) is 5.91 Å². The maximum absolute atomic E-state index is 12.9. The first kappa shape index (κ1) is 13.9. The summed E-state index contributed by atoms with van der Waals surface area (Å²) in [6.45, 7) is 3.26. The Kier molecular flexibility index (Phi) is 3.33. The summed E-state index contributed by atoms with van der Waals surface area (Å²) in [5, 5.41) is 0. The van der Waals surface area contributed by atoms with Crippen LogP contribution < -0.4 is 14.2 Å². The van der Waals surface area contributed by atoms with Crippen LogP contribution in [0.1, 0.15) is 28.9 Å². The number of para-hydroxylation sites is 1. The number of carbonyl (C=O) groups is 1. The molecule has 0 saturated heterocycles. The molecule has 0 saturated carbocycles. The Labute approximate surface area is 134 Å². The summed E-state index contributed by atoms with van der Waals surface area (Å²) < 4.78 is 16.4. The summed E-state index contributed by atoms with van der Waals surface area (Å²) in [4.78, 5) is 14.8. The highest BCUT2D eigenvalue weighted by Gasteiger charge is 2.28. The van der Waals surface area contributed by atoms with E-state index in [0.717, 1.165) is 11.3 Å². The fourth-order valence-corrected chi connectivity index (χ4v) is 3.05. The molecule has 0 spiro atoms. The molecule has 0 radical (unpaired) electrons. The zero-order valence-electron chi connectivity index (χ0n) is 12.8. The Bertz CT molecular complexity index is 758. The molecule has 5 nitrogen and oxygen atoms in total. The number of benzene rings is 2. The number of ether oxygens (including phenoxy) is 3. The van der Waals surface area contributed by atoms with Gasteiger partial charge in [0.05, 0.1) is 12.6 Å². The Morgan fingerprint density at radius 1 is 1.04 bits per heavy atom. The lowest BCUT2D eigenvalue weighted by atomic mass is 10.0. The molecule has 4 rings (SSSR count). The van der Waals surface area contributed by atoms with Crippen LogP contribution >= 0.6 is 0 Å². The Balaban J connectivity index is 1.66. The van der Waals surface area contributed by atoms with E-state index in [2.05, 4.69) is 0 Å². The van der Waals surface area contributed by atoms with E-state index in [-0.39, 0.29) is 18.7 Å². The lowest BCUT2D eigenvalue weighted by Crippen LogP contribution is -2.35. The van der Waals surface area contributed by atoms with E-state index in [1.807, 2.05) is 36.1 Å². The van der Waals surface area contributed by atoms with Gasteiger partial charge in [-0.1, -0.05) is 18.2 Å². The molecule has 5 heteroatoms. The zero-order valence-corrected chi connectivity index (χ0v) is 12.8. The van der Waals surface area contributed by atoms with Crippen LogP contribution in [0.3, 0.4) is 0 Å². The van der Waals surface area contributed by atoms with Gasteiger partial charge < -0.3 is 19.1 Å². The van der Waals surface area contributed by atoms with Crippen molar-refractivity contribution in [2.75, 3.05) is 19.9 Å². The van der Waals surface area contributed by atoms with E-state index in [4.69, 9.17) is 14.2 Å². The second-order valence-corrected chi connectivity index (χ2v) is 5.63. The molecule has 2 aromatic carbocycles. The summed E-state index contributed by atoms with van der Waals surface area (Å²) in [7, 11) is 0. The molecular formula is C18H17NO4. The number of nitrogens with zero attached hydrogens (tertiary/aromatic N) is 1. The van der Waals surface area contributed by atoms with E-state index in [1.165, 1.54) is 0 Å². The molecule has 23 heavy (non-hydrogen) atoms. The molecule has 2 heterocycles. The predicted molar refractivity (Wildman–Crippen MR) is 84.0 cm³/mol. The molecule has 1 unspecified atom stereocenters. The Hall–Kier alpha value is -2.69. The van der Waals surface area contributed by atoms with E-state index in [1.54, 1.807) is 18.2 Å². The molecule has 0 aromatic heterocycles. The second-order valence-electron chi connectivity index (χ2n) is 5.63. The molecular weight excluding hydrogens is 294 g/mol. The van der Waals surface area contributed by atoms with Crippen molar-refractivity contribution < 1.29 is 19.0 Å². The number of rotatable bonds is 1. The largest absolute Gasteiger partial charge is 0.491 e. The highest BCUT2D eigenvalue weighted by molar-refractivity contribution is 5.95. The van der Waals surface area contributed by atoms with E-state index >= 15 is 0 Å². The van der Waals surface area contributed by atoms with Crippen molar-refractivity contribution >= 4 is 5.91 Å². The van der Waals surface area contributed by atoms with Crippen LogP contribution in [0.2, 0.25) is 0 Å². The number of amides is 1. The van der Waals surface area contributed by atoms with Crippen LogP contribution in [-0.4, -0.2) is 30.8 Å². The van der Waals surface area contributed by atoms with Gasteiger partial charge >= 0.3 is 0 Å². The molecule has 2 aromatic rings. The second kappa shape index (κ2) is 5.50. The van der Waals surface area contributed by atoms with Gasteiger partial charge in [0.15, 0.2) is 11.5 Å². The maximum atomic E-state index is 12.9. The minimum absolute atomic E-state index is 0.0314. The van der Waals surface area contributed by atoms with Crippen molar-refractivity contribution in [1.29, 1.82) is 0 Å². The van der Waals surface area contributed by atoms with Crippen molar-refractivity contribution in [2.24, 2.45) is 0 Å². The van der Waals surface area contributed by atoms with Crippen molar-refractivity contribution in [2.45, 2.75) is 13.0 Å². The first-order valence-electron chi connectivity index (χ1n) is 7.66. The molecule has 0 fully saturated rings. The van der Waals surface area contributed by atoms with Crippen LogP contribution in [0.15, 0.2) is 42.5 Å². The van der Waals surface area contributed by atoms with E-state index in [0.29, 0.717) is 30.2 Å². The smallest absolute Gasteiger partial charge is 0.254 e. The quantitative estimate of drug-likeness (QED) is 0.812. The average molecular weight is 311 g/mol. The van der Waals surface area contributed by atoms with Crippen molar-refractivity contribution in [1.82, 2.24) is 4.90 Å². The van der Waals surface area contributed by atoms with Crippen LogP contribution in [0.5, 0.6) is 17.2 Å². The van der Waals surface area contributed by atoms with Crippen LogP contribution in [0, 0.1) is 0 Å². The summed E-state index contributed by atoms with van der Waals surface area (Å²) in [6.07, 6.45) is 0. The van der Waals surface area contributed by atoms with E-state index in [9.17, 15) is 4.79 Å². The third-order valence-electron chi connectivity index (χ3n) is 4.31. The highest BCUT2D eigenvalue weighted by Crippen LogP contribution is 2.35. The molecule has 2 aliphatic heterocycles. The number of carbonyl (C=O) groups excluding carboxylic acids is 1. The highest BCUT2D eigenvalue weighted by atomic mass is 16.7. The normalized spacial score (nSPS) is 18.8. The molecule has 2 aliphatic rings. The van der Waals surface area contributed by atoms with Gasteiger partial charge in [-0.2, -0.15) is 0 Å². The Morgan fingerprint density at radius 2 is 1.87 bits per heavy atom. The van der Waals surface area contributed by atoms with Crippen molar-refractivity contribution in [3.05, 3.63) is 53.6 Å². The topological polar surface area (TPSA) is 48.0 Å². The monoisotopic (exact) mass is 311 g/mol. The van der Waals surface area contributed by atoms with Crippen LogP contribution in [0.25, 0.3) is 0 Å². The fraction of sp³-hybridized carbons (Fsp3) is 0.278. The number of hydrogen-bond acceptors (Lipinski definition) is 4. The molecule has 1 atom stereocenters. The summed E-state index contributed by atoms with van der Waals surface area (Å²) in [6, 6.07) is 13.1. The van der Waals surface area contributed by atoms with Gasteiger partial charge in [0.2, 0.25) is 6.79 Å². The predicted octanol–water partition coefficient (Wildman–Crippen LogP) is 3.01. The first-order chi connectivity index (χ1) is 11.2. The lowest BCUT2D eigenvalue weighted by molar-refractivity contribution is 0.0681. The van der Waals surface area contributed by atoms with Gasteiger partial charge in [-0.25, -0.2) is 0 Å². The molecule has 1 amide bonds. The molecule has 0 aliphatic carbocycles. The molecule has 118 valence electrons. The maximum Gasteiger partial charge on any atom is 0.254 e. The van der Waals surface area contributed by atoms with E-state index < -0.39 is 0 Å². The van der Waals surface area contributed by atoms with Gasteiger partial charge in [-0.05, 0) is 31.2 Å². The SMILES string of the molecule is CC1c2ccccc2OCCN1C(=O)c1ccc2c(c1)OCO2. The van der Waals surface area contributed by atoms with Gasteiger partial charge in [0, 0.05) is 11.1 Å². The lowest BCUT2D eigenvalue weighted by Gasteiger charge is -2.27. The molecule has 0 bridgehead atoms. The molecule has 0 N–H and O–H groups in total. The van der Waals surface area contributed by atoms with Crippen molar-refractivity contribution in [3.63, 3.8) is 0 Å². The van der Waals surface area contributed by atoms with Crippen LogP contribution in [0.4, 0.5) is 0 Å². The summed E-state index contributed by atoms with van der Waals surface area (Å²) in [5.41, 5.74) is 1.62. The van der Waals surface area contributed by atoms with Crippen LogP contribution in [-0.2, 0) is 0 Å². The van der Waals surface area contributed by atoms with Gasteiger partial charge in [0.1, 0.15) is 12.4 Å². The standard InChI is InChI=1S/C18H17NO4/c1-12-14-4-2-3-5-15(14)21-9-8-19(12)18(20)13-6-7-16-17(10-13)23-11-22-16/h2-7,10,12H,8-9,11H2,1H3. The summed E-state index contributed by atoms with van der Waals surface area (Å²) >= 11 is 0. The zero-order chi connectivity index (χ0) is 15.8. The fourth-order valence-electron chi connectivity index (χ4n) is 3.05. The third kappa shape index (κ3) is 2.38. The third-order valence-corrected chi connectivity index (χ3v) is 4.31. The minimum atomic E-state index is -0.0494. The van der Waals surface area contributed by atoms with Gasteiger partial charge in [-0.3, -0.25) is 4.79 Å². The van der Waals surface area contributed by atoms with Gasteiger partial charge in [-0.15, -0.1) is 0 Å². The summed E-state index contributed by atoms with van der Waals surface area (Å²) in [5.74, 6) is 2.12. The van der Waals surface area contributed by atoms with Crippen molar-refractivity contribution in [3.8, 4) is 17.2 Å². The minimum Gasteiger partial charge on any atom is -0.491 e. The Morgan fingerprint density at radius 3 is 2.78 bits per heavy atom. The number of fused-ring (bicyclic) bond motifs is 2. The first-order valence-corrected chi connectivity index (χ1v) is 7.66. The number of hydrogen-bond donors (Lipinski definition) is 0.